The van der Waals surface area contributed by atoms with Gasteiger partial charge in [0.1, 0.15) is 6.10 Å². The number of hydrogen-bond acceptors (Lipinski definition) is 3. The van der Waals surface area contributed by atoms with Gasteiger partial charge in [-0.2, -0.15) is 0 Å². The SMILES string of the molecule is CCc1ccc(OC2CCC(F)(F)C2)nc1CCNCCC1CCCCC1. The summed E-state index contributed by atoms with van der Waals surface area (Å²) in [5, 5.41) is 3.56. The fraction of sp³-hybridized carbons (Fsp3) is 0.773. The van der Waals surface area contributed by atoms with Gasteiger partial charge in [0, 0.05) is 37.6 Å². The van der Waals surface area contributed by atoms with E-state index < -0.39 is 12.0 Å². The maximum absolute atomic E-state index is 13.4. The Balaban J connectivity index is 1.45. The fourth-order valence-electron chi connectivity index (χ4n) is 4.41. The Labute approximate surface area is 162 Å². The highest BCUT2D eigenvalue weighted by Crippen LogP contribution is 2.36. The zero-order valence-corrected chi connectivity index (χ0v) is 16.6. The summed E-state index contributed by atoms with van der Waals surface area (Å²) >= 11 is 0. The number of halogens is 2. The highest BCUT2D eigenvalue weighted by molar-refractivity contribution is 5.26. The first-order valence-electron chi connectivity index (χ1n) is 10.8. The van der Waals surface area contributed by atoms with Crippen molar-refractivity contribution in [2.75, 3.05) is 13.1 Å². The topological polar surface area (TPSA) is 34.1 Å². The Hall–Kier alpha value is -1.23. The van der Waals surface area contributed by atoms with Crippen molar-refractivity contribution in [3.05, 3.63) is 23.4 Å². The number of rotatable bonds is 9. The second kappa shape index (κ2) is 9.81. The number of nitrogens with zero attached hydrogens (tertiary/aromatic N) is 1. The van der Waals surface area contributed by atoms with Gasteiger partial charge in [-0.05, 0) is 37.3 Å². The Morgan fingerprint density at radius 2 is 1.96 bits per heavy atom. The summed E-state index contributed by atoms with van der Waals surface area (Å²) in [5.41, 5.74) is 2.25. The van der Waals surface area contributed by atoms with Crippen molar-refractivity contribution in [1.29, 1.82) is 0 Å². The van der Waals surface area contributed by atoms with Gasteiger partial charge in [-0.25, -0.2) is 13.8 Å². The Morgan fingerprint density at radius 1 is 1.15 bits per heavy atom. The predicted octanol–water partition coefficient (Wildman–Crippen LogP) is 5.31. The van der Waals surface area contributed by atoms with E-state index in [1.807, 2.05) is 12.1 Å². The molecule has 0 saturated heterocycles. The highest BCUT2D eigenvalue weighted by atomic mass is 19.3. The average molecular weight is 381 g/mol. The van der Waals surface area contributed by atoms with E-state index in [1.165, 1.54) is 44.1 Å². The number of ether oxygens (including phenoxy) is 1. The summed E-state index contributed by atoms with van der Waals surface area (Å²) in [6, 6.07) is 3.86. The van der Waals surface area contributed by atoms with Gasteiger partial charge in [0.25, 0.3) is 5.92 Å². The molecule has 2 aliphatic rings. The van der Waals surface area contributed by atoms with Crippen LogP contribution in [0.2, 0.25) is 0 Å². The van der Waals surface area contributed by atoms with Crippen LogP contribution in [0.15, 0.2) is 12.1 Å². The van der Waals surface area contributed by atoms with Gasteiger partial charge >= 0.3 is 0 Å². The molecule has 3 rings (SSSR count). The zero-order valence-electron chi connectivity index (χ0n) is 16.6. The minimum absolute atomic E-state index is 0.0809. The first-order chi connectivity index (χ1) is 13.1. The van der Waals surface area contributed by atoms with Crippen molar-refractivity contribution in [1.82, 2.24) is 10.3 Å². The van der Waals surface area contributed by atoms with Crippen molar-refractivity contribution < 1.29 is 13.5 Å². The smallest absolute Gasteiger partial charge is 0.251 e. The second-order valence-corrected chi connectivity index (χ2v) is 8.24. The number of nitrogens with one attached hydrogen (secondary N) is 1. The number of alkyl halides is 2. The van der Waals surface area contributed by atoms with Gasteiger partial charge in [-0.15, -0.1) is 0 Å². The Morgan fingerprint density at radius 3 is 2.67 bits per heavy atom. The number of pyridine rings is 1. The normalized spacial score (nSPS) is 22.9. The predicted molar refractivity (Wildman–Crippen MR) is 105 cm³/mol. The molecule has 0 radical (unpaired) electrons. The Kier molecular flexibility index (Phi) is 7.45. The van der Waals surface area contributed by atoms with Gasteiger partial charge in [-0.3, -0.25) is 0 Å². The van der Waals surface area contributed by atoms with E-state index in [9.17, 15) is 8.78 Å². The molecule has 1 aromatic heterocycles. The summed E-state index contributed by atoms with van der Waals surface area (Å²) in [5.74, 6) is -1.19. The molecule has 0 amide bonds. The van der Waals surface area contributed by atoms with Crippen molar-refractivity contribution in [3.63, 3.8) is 0 Å². The van der Waals surface area contributed by atoms with E-state index in [0.29, 0.717) is 12.3 Å². The van der Waals surface area contributed by atoms with E-state index in [-0.39, 0.29) is 12.8 Å². The molecule has 2 aliphatic carbocycles. The minimum Gasteiger partial charge on any atom is -0.474 e. The number of aryl methyl sites for hydroxylation is 1. The van der Waals surface area contributed by atoms with E-state index in [2.05, 4.69) is 17.2 Å². The zero-order chi connectivity index (χ0) is 19.1. The number of aromatic nitrogens is 1. The maximum atomic E-state index is 13.4. The van der Waals surface area contributed by atoms with E-state index in [4.69, 9.17) is 4.74 Å². The molecule has 3 nitrogen and oxygen atoms in total. The van der Waals surface area contributed by atoms with Gasteiger partial charge in [0.2, 0.25) is 5.88 Å². The minimum atomic E-state index is -2.58. The van der Waals surface area contributed by atoms with Crippen LogP contribution in [0.5, 0.6) is 5.88 Å². The van der Waals surface area contributed by atoms with E-state index >= 15 is 0 Å². The van der Waals surface area contributed by atoms with Crippen LogP contribution in [0.3, 0.4) is 0 Å². The summed E-state index contributed by atoms with van der Waals surface area (Å²) in [6.45, 7) is 4.09. The first kappa shape index (κ1) is 20.5. The molecule has 0 aromatic carbocycles. The molecule has 1 aromatic rings. The largest absolute Gasteiger partial charge is 0.474 e. The number of hydrogen-bond donors (Lipinski definition) is 1. The fourth-order valence-corrected chi connectivity index (χ4v) is 4.41. The van der Waals surface area contributed by atoms with Crippen molar-refractivity contribution in [3.8, 4) is 5.88 Å². The molecule has 1 atom stereocenters. The molecule has 5 heteroatoms. The summed E-state index contributed by atoms with van der Waals surface area (Å²) in [4.78, 5) is 4.64. The lowest BCUT2D eigenvalue weighted by Gasteiger charge is -2.21. The molecule has 0 spiro atoms. The highest BCUT2D eigenvalue weighted by Gasteiger charge is 2.40. The van der Waals surface area contributed by atoms with Crippen LogP contribution in [0, 0.1) is 5.92 Å². The first-order valence-corrected chi connectivity index (χ1v) is 10.8. The van der Waals surface area contributed by atoms with Crippen molar-refractivity contribution in [2.45, 2.75) is 89.6 Å². The van der Waals surface area contributed by atoms with Crippen LogP contribution < -0.4 is 10.1 Å². The lowest BCUT2D eigenvalue weighted by atomic mass is 9.87. The molecule has 0 aliphatic heterocycles. The van der Waals surface area contributed by atoms with Crippen LogP contribution in [-0.4, -0.2) is 30.1 Å². The van der Waals surface area contributed by atoms with Crippen molar-refractivity contribution >= 4 is 0 Å². The summed E-state index contributed by atoms with van der Waals surface area (Å²) in [7, 11) is 0. The molecular weight excluding hydrogens is 346 g/mol. The lowest BCUT2D eigenvalue weighted by molar-refractivity contribution is -0.00139. The van der Waals surface area contributed by atoms with Crippen LogP contribution >= 0.6 is 0 Å². The summed E-state index contributed by atoms with van der Waals surface area (Å²) < 4.78 is 32.5. The molecule has 27 heavy (non-hydrogen) atoms. The quantitative estimate of drug-likeness (QED) is 0.589. The monoisotopic (exact) mass is 380 g/mol. The van der Waals surface area contributed by atoms with Crippen LogP contribution in [0.25, 0.3) is 0 Å². The second-order valence-electron chi connectivity index (χ2n) is 8.24. The van der Waals surface area contributed by atoms with Crippen LogP contribution in [0.4, 0.5) is 8.78 Å². The standard InChI is InChI=1S/C22H34F2N2O/c1-2-18-8-9-21(27-19-10-13-22(23,24)16-19)26-20(18)12-15-25-14-11-17-6-4-3-5-7-17/h8-9,17,19,25H,2-7,10-16H2,1H3. The average Bonchev–Trinajstić information content (AvgIpc) is 3.01. The van der Waals surface area contributed by atoms with Gasteiger partial charge in [-0.1, -0.05) is 45.1 Å². The van der Waals surface area contributed by atoms with Crippen molar-refractivity contribution in [2.24, 2.45) is 5.92 Å². The molecule has 1 N–H and O–H groups in total. The third kappa shape index (κ3) is 6.41. The third-order valence-electron chi connectivity index (χ3n) is 6.06. The molecule has 152 valence electrons. The molecular formula is C22H34F2N2O. The summed E-state index contributed by atoms with van der Waals surface area (Å²) in [6.07, 6.45) is 9.75. The molecule has 0 bridgehead atoms. The molecule has 1 unspecified atom stereocenters. The van der Waals surface area contributed by atoms with Crippen LogP contribution in [0.1, 0.15) is 76.0 Å². The molecule has 1 heterocycles. The third-order valence-corrected chi connectivity index (χ3v) is 6.06. The lowest BCUT2D eigenvalue weighted by Crippen LogP contribution is -2.22. The molecule has 2 fully saturated rings. The molecule has 2 saturated carbocycles. The van der Waals surface area contributed by atoms with E-state index in [1.54, 1.807) is 0 Å². The van der Waals surface area contributed by atoms with Gasteiger partial charge < -0.3 is 10.1 Å². The van der Waals surface area contributed by atoms with Crippen LogP contribution in [-0.2, 0) is 12.8 Å². The maximum Gasteiger partial charge on any atom is 0.251 e. The van der Waals surface area contributed by atoms with Gasteiger partial charge in [0.15, 0.2) is 0 Å². The van der Waals surface area contributed by atoms with Gasteiger partial charge in [0.05, 0.1) is 0 Å². The van der Waals surface area contributed by atoms with E-state index in [0.717, 1.165) is 37.5 Å². The Bertz CT molecular complexity index is 588.